The van der Waals surface area contributed by atoms with Crippen molar-refractivity contribution in [2.45, 2.75) is 37.6 Å². The van der Waals surface area contributed by atoms with Crippen molar-refractivity contribution in [3.05, 3.63) is 23.3 Å². The third-order valence-corrected chi connectivity index (χ3v) is 5.60. The Bertz CT molecular complexity index is 520. The molecule has 1 aromatic rings. The van der Waals surface area contributed by atoms with E-state index in [1.807, 2.05) is 0 Å². The van der Waals surface area contributed by atoms with Crippen molar-refractivity contribution in [3.8, 4) is 11.5 Å². The predicted molar refractivity (Wildman–Crippen MR) is 85.6 cm³/mol. The molecule has 1 fully saturated rings. The van der Waals surface area contributed by atoms with E-state index in [0.29, 0.717) is 12.0 Å². The van der Waals surface area contributed by atoms with Crippen molar-refractivity contribution >= 4 is 11.6 Å². The zero-order chi connectivity index (χ0) is 15.0. The average molecular weight is 310 g/mol. The highest BCUT2D eigenvalue weighted by atomic mass is 35.5. The molecule has 2 heterocycles. The molecule has 2 aliphatic heterocycles. The van der Waals surface area contributed by atoms with E-state index in [2.05, 4.69) is 24.0 Å². The summed E-state index contributed by atoms with van der Waals surface area (Å²) in [5, 5.41) is 0.273. The Morgan fingerprint density at radius 2 is 1.95 bits per heavy atom. The van der Waals surface area contributed by atoms with Gasteiger partial charge in [-0.05, 0) is 42.0 Å². The number of alkyl halides is 1. The first-order valence-electron chi connectivity index (χ1n) is 7.80. The Balaban J connectivity index is 1.95. The summed E-state index contributed by atoms with van der Waals surface area (Å²) in [6.45, 7) is 4.47. The Hall–Kier alpha value is -0.930. The molecule has 21 heavy (non-hydrogen) atoms. The standard InChI is InChI=1S/C17H24ClNO2/c1-4-11-10-19-6-5-12-7-16(20-2)17(21-3)8-13(12)15(19)9-14(11)18/h7-8,11,14-15H,4-6,9-10H2,1-3H3. The second-order valence-corrected chi connectivity index (χ2v) is 6.65. The average Bonchev–Trinajstić information content (AvgIpc) is 2.52. The van der Waals surface area contributed by atoms with E-state index in [4.69, 9.17) is 21.1 Å². The minimum atomic E-state index is 0.273. The highest BCUT2D eigenvalue weighted by Gasteiger charge is 2.37. The Morgan fingerprint density at radius 1 is 1.24 bits per heavy atom. The molecular weight excluding hydrogens is 286 g/mol. The molecule has 0 aliphatic carbocycles. The summed E-state index contributed by atoms with van der Waals surface area (Å²) in [6, 6.07) is 4.72. The van der Waals surface area contributed by atoms with Crippen LogP contribution in [0.2, 0.25) is 0 Å². The van der Waals surface area contributed by atoms with Crippen LogP contribution in [0.5, 0.6) is 11.5 Å². The number of piperidine rings is 1. The summed E-state index contributed by atoms with van der Waals surface area (Å²) in [6.07, 6.45) is 3.27. The highest BCUT2D eigenvalue weighted by molar-refractivity contribution is 6.20. The molecule has 1 aromatic carbocycles. The Labute approximate surface area is 132 Å². The molecule has 0 spiro atoms. The smallest absolute Gasteiger partial charge is 0.161 e. The molecule has 0 aromatic heterocycles. The van der Waals surface area contributed by atoms with Crippen molar-refractivity contribution in [1.82, 2.24) is 4.90 Å². The fourth-order valence-corrected chi connectivity index (χ4v) is 4.21. The Morgan fingerprint density at radius 3 is 2.62 bits per heavy atom. The van der Waals surface area contributed by atoms with Crippen molar-refractivity contribution in [3.63, 3.8) is 0 Å². The third-order valence-electron chi connectivity index (χ3n) is 5.07. The van der Waals surface area contributed by atoms with Crippen LogP contribution >= 0.6 is 11.6 Å². The molecule has 0 amide bonds. The maximum atomic E-state index is 6.62. The molecule has 3 rings (SSSR count). The number of nitrogens with zero attached hydrogens (tertiary/aromatic N) is 1. The number of methoxy groups -OCH3 is 2. The van der Waals surface area contributed by atoms with Gasteiger partial charge in [-0.3, -0.25) is 4.90 Å². The highest BCUT2D eigenvalue weighted by Crippen LogP contribution is 2.44. The lowest BCUT2D eigenvalue weighted by atomic mass is 9.82. The van der Waals surface area contributed by atoms with Gasteiger partial charge in [0.25, 0.3) is 0 Å². The lowest BCUT2D eigenvalue weighted by Crippen LogP contribution is -2.46. The van der Waals surface area contributed by atoms with Gasteiger partial charge in [-0.25, -0.2) is 0 Å². The number of hydrogen-bond acceptors (Lipinski definition) is 3. The summed E-state index contributed by atoms with van der Waals surface area (Å²) in [4.78, 5) is 2.60. The van der Waals surface area contributed by atoms with E-state index in [0.717, 1.165) is 43.9 Å². The van der Waals surface area contributed by atoms with Gasteiger partial charge in [-0.1, -0.05) is 13.3 Å². The number of hydrogen-bond donors (Lipinski definition) is 0. The third kappa shape index (κ3) is 2.62. The van der Waals surface area contributed by atoms with Crippen LogP contribution in [0, 0.1) is 5.92 Å². The van der Waals surface area contributed by atoms with Gasteiger partial charge in [0, 0.05) is 24.5 Å². The fourth-order valence-electron chi connectivity index (χ4n) is 3.78. The van der Waals surface area contributed by atoms with Crippen LogP contribution in [0.25, 0.3) is 0 Å². The lowest BCUT2D eigenvalue weighted by molar-refractivity contribution is 0.0997. The molecule has 3 unspecified atom stereocenters. The van der Waals surface area contributed by atoms with Crippen molar-refractivity contribution in [2.24, 2.45) is 5.92 Å². The zero-order valence-electron chi connectivity index (χ0n) is 13.1. The maximum Gasteiger partial charge on any atom is 0.161 e. The van der Waals surface area contributed by atoms with Crippen molar-refractivity contribution in [1.29, 1.82) is 0 Å². The van der Waals surface area contributed by atoms with E-state index >= 15 is 0 Å². The first-order valence-corrected chi connectivity index (χ1v) is 8.24. The van der Waals surface area contributed by atoms with Gasteiger partial charge in [-0.15, -0.1) is 11.6 Å². The molecule has 0 radical (unpaired) electrons. The van der Waals surface area contributed by atoms with Crippen LogP contribution in [-0.2, 0) is 6.42 Å². The minimum absolute atomic E-state index is 0.273. The summed E-state index contributed by atoms with van der Waals surface area (Å²) in [5.74, 6) is 2.26. The quantitative estimate of drug-likeness (QED) is 0.796. The van der Waals surface area contributed by atoms with Gasteiger partial charge in [0.2, 0.25) is 0 Å². The number of ether oxygens (including phenoxy) is 2. The normalized spacial score (nSPS) is 28.7. The molecule has 2 aliphatic rings. The van der Waals surface area contributed by atoms with E-state index in [1.165, 1.54) is 11.1 Å². The topological polar surface area (TPSA) is 21.7 Å². The van der Waals surface area contributed by atoms with Gasteiger partial charge in [0.05, 0.1) is 14.2 Å². The van der Waals surface area contributed by atoms with Crippen LogP contribution < -0.4 is 9.47 Å². The number of fused-ring (bicyclic) bond motifs is 3. The van der Waals surface area contributed by atoms with E-state index in [1.54, 1.807) is 14.2 Å². The monoisotopic (exact) mass is 309 g/mol. The molecule has 0 saturated carbocycles. The van der Waals surface area contributed by atoms with Gasteiger partial charge in [0.15, 0.2) is 11.5 Å². The maximum absolute atomic E-state index is 6.62. The lowest BCUT2D eigenvalue weighted by Gasteiger charge is -2.45. The molecular formula is C17H24ClNO2. The predicted octanol–water partition coefficient (Wildman–Crippen LogP) is 3.64. The molecule has 0 N–H and O–H groups in total. The number of rotatable bonds is 3. The summed E-state index contributed by atoms with van der Waals surface area (Å²) in [7, 11) is 3.39. The molecule has 116 valence electrons. The van der Waals surface area contributed by atoms with Gasteiger partial charge in [0.1, 0.15) is 0 Å². The number of benzene rings is 1. The molecule has 0 bridgehead atoms. The molecule has 1 saturated heterocycles. The van der Waals surface area contributed by atoms with Gasteiger partial charge in [-0.2, -0.15) is 0 Å². The van der Waals surface area contributed by atoms with Crippen LogP contribution in [-0.4, -0.2) is 37.6 Å². The first kappa shape index (κ1) is 15.0. The molecule has 3 atom stereocenters. The van der Waals surface area contributed by atoms with Gasteiger partial charge >= 0.3 is 0 Å². The molecule has 3 nitrogen and oxygen atoms in total. The van der Waals surface area contributed by atoms with Gasteiger partial charge < -0.3 is 9.47 Å². The SMILES string of the molecule is CCC1CN2CCc3cc(OC)c(OC)cc3C2CC1Cl. The minimum Gasteiger partial charge on any atom is -0.493 e. The summed E-state index contributed by atoms with van der Waals surface area (Å²) < 4.78 is 10.9. The fraction of sp³-hybridized carbons (Fsp3) is 0.647. The first-order chi connectivity index (χ1) is 10.2. The van der Waals surface area contributed by atoms with E-state index in [9.17, 15) is 0 Å². The Kier molecular flexibility index (Phi) is 4.32. The zero-order valence-corrected chi connectivity index (χ0v) is 13.8. The van der Waals surface area contributed by atoms with Crippen molar-refractivity contribution < 1.29 is 9.47 Å². The summed E-state index contributed by atoms with van der Waals surface area (Å²) >= 11 is 6.62. The number of halogens is 1. The van der Waals surface area contributed by atoms with Crippen molar-refractivity contribution in [2.75, 3.05) is 27.3 Å². The largest absolute Gasteiger partial charge is 0.493 e. The van der Waals surface area contributed by atoms with Crippen LogP contribution in [0.4, 0.5) is 0 Å². The second-order valence-electron chi connectivity index (χ2n) is 6.09. The van der Waals surface area contributed by atoms with E-state index < -0.39 is 0 Å². The summed E-state index contributed by atoms with van der Waals surface area (Å²) in [5.41, 5.74) is 2.76. The second kappa shape index (κ2) is 6.05. The molecule has 4 heteroatoms. The van der Waals surface area contributed by atoms with Crippen LogP contribution in [0.1, 0.15) is 36.9 Å². The van der Waals surface area contributed by atoms with E-state index in [-0.39, 0.29) is 5.38 Å². The van der Waals surface area contributed by atoms with Crippen LogP contribution in [0.3, 0.4) is 0 Å². The van der Waals surface area contributed by atoms with Crippen LogP contribution in [0.15, 0.2) is 12.1 Å².